The molecular weight excluding hydrogens is 430 g/mol. The second kappa shape index (κ2) is 11.1. The van der Waals surface area contributed by atoms with E-state index in [0.717, 1.165) is 0 Å². The lowest BCUT2D eigenvalue weighted by Gasteiger charge is -2.11. The summed E-state index contributed by atoms with van der Waals surface area (Å²) in [5.74, 6) is -1.59. The van der Waals surface area contributed by atoms with Crippen molar-refractivity contribution in [3.05, 3.63) is 74.1 Å². The van der Waals surface area contributed by atoms with Crippen molar-refractivity contribution in [2.75, 3.05) is 6.61 Å². The van der Waals surface area contributed by atoms with Gasteiger partial charge in [-0.25, -0.2) is 4.79 Å². The maximum Gasteiger partial charge on any atom is 0.347 e. The Kier molecular flexibility index (Phi) is 8.25. The van der Waals surface area contributed by atoms with E-state index in [-0.39, 0.29) is 47.2 Å². The first-order chi connectivity index (χ1) is 14.8. The first-order valence-electron chi connectivity index (χ1n) is 8.59. The summed E-state index contributed by atoms with van der Waals surface area (Å²) >= 11 is 4.86. The summed E-state index contributed by atoms with van der Waals surface area (Å²) in [6.45, 7) is -0.283. The fourth-order valence-electron chi connectivity index (χ4n) is 2.26. The molecule has 0 aliphatic rings. The van der Waals surface area contributed by atoms with Crippen LogP contribution >= 0.6 is 12.2 Å². The molecule has 13 heteroatoms. The second-order valence-electron chi connectivity index (χ2n) is 5.78. The van der Waals surface area contributed by atoms with Crippen LogP contribution in [0.1, 0.15) is 28.8 Å². The van der Waals surface area contributed by atoms with Crippen molar-refractivity contribution in [3.63, 3.8) is 0 Å². The average Bonchev–Trinajstić information content (AvgIpc) is 2.72. The zero-order valence-electron chi connectivity index (χ0n) is 15.8. The summed E-state index contributed by atoms with van der Waals surface area (Å²) in [6.07, 6.45) is -0.160. The highest BCUT2D eigenvalue weighted by molar-refractivity contribution is 7.80. The Morgan fingerprint density at radius 1 is 1.19 bits per heavy atom. The maximum absolute atomic E-state index is 12.6. The van der Waals surface area contributed by atoms with Gasteiger partial charge in [0, 0.05) is 22.6 Å². The summed E-state index contributed by atoms with van der Waals surface area (Å²) in [4.78, 5) is 41.7. The Morgan fingerprint density at radius 3 is 2.52 bits per heavy atom. The van der Waals surface area contributed by atoms with Crippen molar-refractivity contribution in [3.8, 4) is 11.5 Å². The van der Waals surface area contributed by atoms with Gasteiger partial charge in [0.25, 0.3) is 5.09 Å². The second-order valence-corrected chi connectivity index (χ2v) is 6.22. The lowest BCUT2D eigenvalue weighted by Crippen LogP contribution is -2.15. The maximum atomic E-state index is 12.6. The summed E-state index contributed by atoms with van der Waals surface area (Å²) in [5.41, 5.74) is 14.6. The monoisotopic (exact) mass is 445 g/mol. The molecule has 0 spiro atoms. The minimum atomic E-state index is -0.971. The Bertz CT molecular complexity index is 1050. The van der Waals surface area contributed by atoms with Gasteiger partial charge >= 0.3 is 11.9 Å². The molecule has 0 amide bonds. The van der Waals surface area contributed by atoms with Crippen LogP contribution in [0.2, 0.25) is 0 Å². The Morgan fingerprint density at radius 2 is 1.90 bits per heavy atom. The third-order valence-corrected chi connectivity index (χ3v) is 3.87. The summed E-state index contributed by atoms with van der Waals surface area (Å²) in [6, 6.07) is 9.89. The minimum Gasteiger partial charge on any atom is -0.426 e. The van der Waals surface area contributed by atoms with Crippen LogP contribution < -0.4 is 15.2 Å². The van der Waals surface area contributed by atoms with Crippen molar-refractivity contribution in [1.29, 1.82) is 0 Å². The van der Waals surface area contributed by atoms with E-state index in [2.05, 4.69) is 14.9 Å². The van der Waals surface area contributed by atoms with Crippen molar-refractivity contribution in [2.45, 2.75) is 12.8 Å². The molecule has 160 valence electrons. The number of rotatable bonds is 10. The number of benzene rings is 2. The molecule has 0 saturated heterocycles. The highest BCUT2D eigenvalue weighted by Crippen LogP contribution is 2.27. The van der Waals surface area contributed by atoms with E-state index in [1.807, 2.05) is 0 Å². The third-order valence-electron chi connectivity index (χ3n) is 3.64. The SMILES string of the molecule is [N-]=[N+]=Nc1ccc(OC(=O)CCCO[N+](=O)[O-])c(C(=O)Oc2ccc(C(N)=S)cc2)c1. The highest BCUT2D eigenvalue weighted by atomic mass is 32.1. The lowest BCUT2D eigenvalue weighted by atomic mass is 10.1. The van der Waals surface area contributed by atoms with Gasteiger partial charge in [-0.3, -0.25) is 4.79 Å². The minimum absolute atomic E-state index is 0.0335. The average molecular weight is 445 g/mol. The number of esters is 2. The van der Waals surface area contributed by atoms with Gasteiger partial charge < -0.3 is 20.0 Å². The molecule has 2 N–H and O–H groups in total. The summed E-state index contributed by atoms with van der Waals surface area (Å²) in [5, 5.41) is 12.5. The molecule has 0 radical (unpaired) electrons. The molecule has 0 heterocycles. The number of ether oxygens (including phenoxy) is 2. The number of nitrogens with zero attached hydrogens (tertiary/aromatic N) is 4. The largest absolute Gasteiger partial charge is 0.426 e. The number of hydrogen-bond donors (Lipinski definition) is 1. The Balaban J connectivity index is 2.16. The summed E-state index contributed by atoms with van der Waals surface area (Å²) < 4.78 is 10.4. The fourth-order valence-corrected chi connectivity index (χ4v) is 2.39. The number of nitrogens with two attached hydrogens (primary N) is 1. The zero-order chi connectivity index (χ0) is 22.8. The predicted molar refractivity (Wildman–Crippen MR) is 110 cm³/mol. The molecule has 0 saturated carbocycles. The molecule has 0 atom stereocenters. The Labute approximate surface area is 180 Å². The topological polar surface area (TPSA) is 180 Å². The van der Waals surface area contributed by atoms with Crippen molar-refractivity contribution < 1.29 is 29.0 Å². The molecule has 2 aromatic carbocycles. The van der Waals surface area contributed by atoms with Gasteiger partial charge in [-0.05, 0) is 54.4 Å². The van der Waals surface area contributed by atoms with Gasteiger partial charge in [0.2, 0.25) is 0 Å². The molecule has 0 fully saturated rings. The van der Waals surface area contributed by atoms with Crippen LogP contribution in [-0.4, -0.2) is 28.6 Å². The van der Waals surface area contributed by atoms with Gasteiger partial charge in [0.05, 0.1) is 6.61 Å². The van der Waals surface area contributed by atoms with Gasteiger partial charge in [-0.1, -0.05) is 17.3 Å². The first kappa shape index (κ1) is 23.1. The van der Waals surface area contributed by atoms with Crippen LogP contribution in [0.15, 0.2) is 47.6 Å². The van der Waals surface area contributed by atoms with Crippen LogP contribution in [0.3, 0.4) is 0 Å². The number of carbonyl (C=O) groups is 2. The molecular formula is C18H15N5O7S. The van der Waals surface area contributed by atoms with Crippen LogP contribution in [0.25, 0.3) is 10.4 Å². The van der Waals surface area contributed by atoms with Crippen LogP contribution in [0.5, 0.6) is 11.5 Å². The molecule has 12 nitrogen and oxygen atoms in total. The van der Waals surface area contributed by atoms with E-state index in [4.69, 9.17) is 33.0 Å². The van der Waals surface area contributed by atoms with E-state index in [1.54, 1.807) is 12.1 Å². The van der Waals surface area contributed by atoms with Gasteiger partial charge in [-0.15, -0.1) is 10.1 Å². The quantitative estimate of drug-likeness (QED) is 0.0660. The molecule has 2 aromatic rings. The van der Waals surface area contributed by atoms with Crippen molar-refractivity contribution in [2.24, 2.45) is 10.8 Å². The van der Waals surface area contributed by atoms with Crippen molar-refractivity contribution >= 4 is 34.8 Å². The van der Waals surface area contributed by atoms with Gasteiger partial charge in [-0.2, -0.15) is 0 Å². The zero-order valence-corrected chi connectivity index (χ0v) is 16.6. The number of thiocarbonyl (C=S) groups is 1. The van der Waals surface area contributed by atoms with Crippen molar-refractivity contribution in [1.82, 2.24) is 0 Å². The number of azide groups is 1. The van der Waals surface area contributed by atoms with E-state index in [9.17, 15) is 19.7 Å². The fraction of sp³-hybridized carbons (Fsp3) is 0.167. The van der Waals surface area contributed by atoms with E-state index in [0.29, 0.717) is 5.56 Å². The Hall–Kier alpha value is -4.22. The first-order valence-corrected chi connectivity index (χ1v) is 9.00. The molecule has 31 heavy (non-hydrogen) atoms. The molecule has 0 unspecified atom stereocenters. The predicted octanol–water partition coefficient (Wildman–Crippen LogP) is 3.38. The lowest BCUT2D eigenvalue weighted by molar-refractivity contribution is -0.757. The van der Waals surface area contributed by atoms with Crippen LogP contribution in [0.4, 0.5) is 5.69 Å². The van der Waals surface area contributed by atoms with Gasteiger partial charge in [0.1, 0.15) is 22.1 Å². The van der Waals surface area contributed by atoms with E-state index in [1.165, 1.54) is 30.3 Å². The third kappa shape index (κ3) is 7.27. The molecule has 0 aromatic heterocycles. The van der Waals surface area contributed by atoms with Gasteiger partial charge in [0.15, 0.2) is 0 Å². The molecule has 0 bridgehead atoms. The standard InChI is InChI=1S/C18H15N5O7S/c19-17(31)11-3-6-13(7-4-11)29-18(25)14-10-12(21-22-20)5-8-15(14)30-16(24)2-1-9-28-23(26)27/h3-8,10H,1-2,9H2,(H2,19,31). The number of carbonyl (C=O) groups excluding carboxylic acids is 2. The number of hydrogen-bond acceptors (Lipinski definition) is 9. The highest BCUT2D eigenvalue weighted by Gasteiger charge is 2.18. The van der Waals surface area contributed by atoms with Crippen LogP contribution in [0, 0.1) is 10.1 Å². The van der Waals surface area contributed by atoms with E-state index < -0.39 is 17.0 Å². The molecule has 0 aliphatic carbocycles. The normalized spacial score (nSPS) is 9.81. The van der Waals surface area contributed by atoms with E-state index >= 15 is 0 Å². The van der Waals surface area contributed by atoms with Crippen LogP contribution in [-0.2, 0) is 9.63 Å². The molecule has 2 rings (SSSR count). The smallest absolute Gasteiger partial charge is 0.347 e. The summed E-state index contributed by atoms with van der Waals surface area (Å²) in [7, 11) is 0. The molecule has 0 aliphatic heterocycles.